The largest absolute Gasteiger partial charge is 0.466 e. The van der Waals surface area contributed by atoms with Crippen LogP contribution in [0.15, 0.2) is 18.2 Å². The van der Waals surface area contributed by atoms with Crippen LogP contribution in [0.5, 0.6) is 0 Å². The lowest BCUT2D eigenvalue weighted by atomic mass is 10.0. The first-order valence-electron chi connectivity index (χ1n) is 13.9. The zero-order valence-corrected chi connectivity index (χ0v) is 23.2. The van der Waals surface area contributed by atoms with Crippen molar-refractivity contribution in [3.8, 4) is 0 Å². The van der Waals surface area contributed by atoms with Crippen LogP contribution in [-0.4, -0.2) is 92.7 Å². The SMILES string of the molecule is CCOC(=O)CCOCCOCCOCCCCCC(=O)Nc1cccc2c1C(=O)N(C1CCC(=O)NC1=O)C2=O. The summed E-state index contributed by atoms with van der Waals surface area (Å²) < 4.78 is 21.0. The van der Waals surface area contributed by atoms with Gasteiger partial charge < -0.3 is 24.3 Å². The number of ether oxygens (including phenoxy) is 4. The summed E-state index contributed by atoms with van der Waals surface area (Å²) in [6, 6.07) is 3.51. The third-order valence-electron chi connectivity index (χ3n) is 6.43. The van der Waals surface area contributed by atoms with Gasteiger partial charge >= 0.3 is 5.97 Å². The summed E-state index contributed by atoms with van der Waals surface area (Å²) in [6.07, 6.45) is 2.67. The number of carbonyl (C=O) groups excluding carboxylic acids is 6. The van der Waals surface area contributed by atoms with Crippen molar-refractivity contribution in [2.45, 2.75) is 57.9 Å². The summed E-state index contributed by atoms with van der Waals surface area (Å²) >= 11 is 0. The highest BCUT2D eigenvalue weighted by Gasteiger charge is 2.45. The molecule has 2 aliphatic rings. The minimum Gasteiger partial charge on any atom is -0.466 e. The van der Waals surface area contributed by atoms with Gasteiger partial charge in [-0.3, -0.25) is 39.0 Å². The van der Waals surface area contributed by atoms with Gasteiger partial charge in [0.2, 0.25) is 17.7 Å². The molecule has 0 bridgehead atoms. The molecule has 224 valence electrons. The van der Waals surface area contributed by atoms with Gasteiger partial charge in [0, 0.05) is 19.4 Å². The van der Waals surface area contributed by atoms with Crippen molar-refractivity contribution in [2.24, 2.45) is 0 Å². The first-order valence-corrected chi connectivity index (χ1v) is 13.9. The Morgan fingerprint density at radius 1 is 0.902 bits per heavy atom. The van der Waals surface area contributed by atoms with Gasteiger partial charge in [-0.15, -0.1) is 0 Å². The average molecular weight is 576 g/mol. The lowest BCUT2D eigenvalue weighted by molar-refractivity contribution is -0.144. The third-order valence-corrected chi connectivity index (χ3v) is 6.43. The molecule has 1 aromatic rings. The molecular formula is C28H37N3O10. The van der Waals surface area contributed by atoms with E-state index in [9.17, 15) is 28.8 Å². The molecule has 5 amide bonds. The molecular weight excluding hydrogens is 538 g/mol. The highest BCUT2D eigenvalue weighted by Crippen LogP contribution is 2.32. The van der Waals surface area contributed by atoms with Crippen molar-refractivity contribution in [2.75, 3.05) is 51.6 Å². The predicted molar refractivity (Wildman–Crippen MR) is 144 cm³/mol. The van der Waals surface area contributed by atoms with Crippen molar-refractivity contribution in [3.63, 3.8) is 0 Å². The summed E-state index contributed by atoms with van der Waals surface area (Å²) in [7, 11) is 0. The number of piperidine rings is 1. The fourth-order valence-electron chi connectivity index (χ4n) is 4.43. The summed E-state index contributed by atoms with van der Waals surface area (Å²) in [5.74, 6) is -3.00. The number of amides is 5. The summed E-state index contributed by atoms with van der Waals surface area (Å²) in [5.41, 5.74) is 0.378. The molecule has 0 aliphatic carbocycles. The molecule has 1 atom stereocenters. The second kappa shape index (κ2) is 16.6. The van der Waals surface area contributed by atoms with Crippen LogP contribution in [0.2, 0.25) is 0 Å². The van der Waals surface area contributed by atoms with Gasteiger partial charge in [-0.1, -0.05) is 12.5 Å². The van der Waals surface area contributed by atoms with Gasteiger partial charge in [0.15, 0.2) is 0 Å². The summed E-state index contributed by atoms with van der Waals surface area (Å²) in [6.45, 7) is 4.58. The van der Waals surface area contributed by atoms with Crippen LogP contribution < -0.4 is 10.6 Å². The van der Waals surface area contributed by atoms with Crippen molar-refractivity contribution in [3.05, 3.63) is 29.3 Å². The number of esters is 1. The van der Waals surface area contributed by atoms with Gasteiger partial charge in [0.1, 0.15) is 6.04 Å². The first-order chi connectivity index (χ1) is 19.8. The Kier molecular flexibility index (Phi) is 12.9. The average Bonchev–Trinajstić information content (AvgIpc) is 3.19. The molecule has 0 saturated carbocycles. The maximum atomic E-state index is 13.1. The van der Waals surface area contributed by atoms with Gasteiger partial charge in [0.05, 0.1) is 62.9 Å². The molecule has 1 saturated heterocycles. The van der Waals surface area contributed by atoms with Crippen molar-refractivity contribution < 1.29 is 47.7 Å². The molecule has 0 radical (unpaired) electrons. The lowest BCUT2D eigenvalue weighted by Crippen LogP contribution is -2.54. The highest BCUT2D eigenvalue weighted by molar-refractivity contribution is 6.26. The van der Waals surface area contributed by atoms with E-state index in [4.69, 9.17) is 18.9 Å². The number of imide groups is 2. The van der Waals surface area contributed by atoms with Crippen LogP contribution in [0.25, 0.3) is 0 Å². The van der Waals surface area contributed by atoms with E-state index in [1.54, 1.807) is 19.1 Å². The topological polar surface area (TPSA) is 167 Å². The Labute approximate surface area is 238 Å². The van der Waals surface area contributed by atoms with E-state index >= 15 is 0 Å². The molecule has 2 N–H and O–H groups in total. The number of hydrogen-bond acceptors (Lipinski definition) is 10. The van der Waals surface area contributed by atoms with E-state index in [1.807, 2.05) is 0 Å². The molecule has 0 spiro atoms. The zero-order chi connectivity index (χ0) is 29.6. The lowest BCUT2D eigenvalue weighted by Gasteiger charge is -2.27. The smallest absolute Gasteiger partial charge is 0.308 e. The van der Waals surface area contributed by atoms with Crippen molar-refractivity contribution >= 4 is 41.2 Å². The molecule has 3 rings (SSSR count). The number of hydrogen-bond donors (Lipinski definition) is 2. The second-order valence-corrected chi connectivity index (χ2v) is 9.43. The zero-order valence-electron chi connectivity index (χ0n) is 23.2. The number of carbonyl (C=O) groups is 6. The molecule has 2 heterocycles. The molecule has 0 aromatic heterocycles. The number of nitrogens with one attached hydrogen (secondary N) is 2. The molecule has 2 aliphatic heterocycles. The Balaban J connectivity index is 1.28. The van der Waals surface area contributed by atoms with E-state index < -0.39 is 29.7 Å². The maximum Gasteiger partial charge on any atom is 0.308 e. The van der Waals surface area contributed by atoms with E-state index in [0.29, 0.717) is 52.7 Å². The number of benzene rings is 1. The Morgan fingerprint density at radius 3 is 2.32 bits per heavy atom. The van der Waals surface area contributed by atoms with Crippen molar-refractivity contribution in [1.29, 1.82) is 0 Å². The fourth-order valence-corrected chi connectivity index (χ4v) is 4.43. The van der Waals surface area contributed by atoms with Gasteiger partial charge in [-0.05, 0) is 38.3 Å². The minimum absolute atomic E-state index is 0.0303. The van der Waals surface area contributed by atoms with Crippen LogP contribution in [0.4, 0.5) is 5.69 Å². The molecule has 1 unspecified atom stereocenters. The van der Waals surface area contributed by atoms with Crippen molar-refractivity contribution in [1.82, 2.24) is 10.2 Å². The number of fused-ring (bicyclic) bond motifs is 1. The molecule has 13 heteroatoms. The fraction of sp³-hybridized carbons (Fsp3) is 0.571. The molecule has 1 aromatic carbocycles. The quantitative estimate of drug-likeness (QED) is 0.149. The van der Waals surface area contributed by atoms with Crippen LogP contribution in [0.1, 0.15) is 72.6 Å². The molecule has 13 nitrogen and oxygen atoms in total. The summed E-state index contributed by atoms with van der Waals surface area (Å²) in [5, 5.41) is 4.88. The van der Waals surface area contributed by atoms with Gasteiger partial charge in [-0.2, -0.15) is 0 Å². The first kappa shape index (κ1) is 31.8. The monoisotopic (exact) mass is 575 g/mol. The van der Waals surface area contributed by atoms with E-state index in [2.05, 4.69) is 10.6 Å². The van der Waals surface area contributed by atoms with Gasteiger partial charge in [0.25, 0.3) is 11.8 Å². The van der Waals surface area contributed by atoms with E-state index in [1.165, 1.54) is 6.07 Å². The van der Waals surface area contributed by atoms with Crippen LogP contribution in [0.3, 0.4) is 0 Å². The molecule has 41 heavy (non-hydrogen) atoms. The second-order valence-electron chi connectivity index (χ2n) is 9.43. The summed E-state index contributed by atoms with van der Waals surface area (Å²) in [4.78, 5) is 74.3. The Morgan fingerprint density at radius 2 is 1.61 bits per heavy atom. The van der Waals surface area contributed by atoms with Gasteiger partial charge in [-0.25, -0.2) is 0 Å². The number of unbranched alkanes of at least 4 members (excludes halogenated alkanes) is 2. The van der Waals surface area contributed by atoms with E-state index in [-0.39, 0.29) is 54.4 Å². The van der Waals surface area contributed by atoms with E-state index in [0.717, 1.165) is 17.7 Å². The maximum absolute atomic E-state index is 13.1. The number of nitrogens with zero attached hydrogens (tertiary/aromatic N) is 1. The third kappa shape index (κ3) is 9.44. The normalized spacial score (nSPS) is 16.5. The highest BCUT2D eigenvalue weighted by atomic mass is 16.5. The Hall–Kier alpha value is -3.68. The van der Waals surface area contributed by atoms with Crippen LogP contribution in [-0.2, 0) is 38.1 Å². The Bertz CT molecular complexity index is 1120. The standard InChI is InChI=1S/C28H37N3O10/c1-2-41-24(34)12-14-39-16-18-40-17-15-38-13-5-3-4-9-22(32)29-20-8-6-7-19-25(20)28(37)31(27(19)36)21-10-11-23(33)30-26(21)35/h6-8,21H,2-5,9-18H2,1H3,(H,29,32)(H,30,33,35). The molecule has 1 fully saturated rings. The predicted octanol–water partition coefficient (Wildman–Crippen LogP) is 1.59. The minimum atomic E-state index is -1.07. The van der Waals surface area contributed by atoms with Crippen LogP contribution >= 0.6 is 0 Å². The number of rotatable bonds is 18. The number of anilines is 1. The van der Waals surface area contributed by atoms with Crippen LogP contribution in [0, 0.1) is 0 Å².